The molecule has 200 valence electrons. The first-order chi connectivity index (χ1) is 18.9. The van der Waals surface area contributed by atoms with Crippen molar-refractivity contribution in [3.63, 3.8) is 0 Å². The molecule has 10 heteroatoms. The van der Waals surface area contributed by atoms with E-state index < -0.39 is 23.5 Å². The molecule has 8 nitrogen and oxygen atoms in total. The minimum absolute atomic E-state index is 0.120. The predicted molar refractivity (Wildman–Crippen MR) is 146 cm³/mol. The van der Waals surface area contributed by atoms with Crippen LogP contribution in [-0.4, -0.2) is 42.6 Å². The van der Waals surface area contributed by atoms with E-state index in [1.54, 1.807) is 42.5 Å². The molecule has 0 spiro atoms. The Morgan fingerprint density at radius 2 is 1.85 bits per heavy atom. The fraction of sp³-hybridized carbons (Fsp3) is 0.207. The summed E-state index contributed by atoms with van der Waals surface area (Å²) in [6, 6.07) is 14.7. The second-order valence-corrected chi connectivity index (χ2v) is 9.78. The van der Waals surface area contributed by atoms with Crippen LogP contribution in [0.3, 0.4) is 0 Å². The molecule has 39 heavy (non-hydrogen) atoms. The number of methoxy groups -OCH3 is 2. The molecular formula is C29H25FN2O6S. The van der Waals surface area contributed by atoms with Crippen molar-refractivity contribution in [3.05, 3.63) is 83.2 Å². The first-order valence-electron chi connectivity index (χ1n) is 12.2. The van der Waals surface area contributed by atoms with Gasteiger partial charge in [0.05, 0.1) is 42.7 Å². The van der Waals surface area contributed by atoms with Gasteiger partial charge in [-0.1, -0.05) is 36.5 Å². The summed E-state index contributed by atoms with van der Waals surface area (Å²) in [5.74, 6) is -1.19. The minimum Gasteiger partial charge on any atom is -0.507 e. The summed E-state index contributed by atoms with van der Waals surface area (Å²) in [4.78, 5) is 32.8. The molecule has 2 heterocycles. The summed E-state index contributed by atoms with van der Waals surface area (Å²) in [5, 5.41) is 11.7. The average Bonchev–Trinajstić information content (AvgIpc) is 3.48. The molecule has 1 saturated heterocycles. The van der Waals surface area contributed by atoms with E-state index in [-0.39, 0.29) is 16.5 Å². The van der Waals surface area contributed by atoms with Gasteiger partial charge in [0.25, 0.3) is 5.78 Å². The summed E-state index contributed by atoms with van der Waals surface area (Å²) in [6.07, 6.45) is 0.798. The maximum Gasteiger partial charge on any atom is 0.301 e. The van der Waals surface area contributed by atoms with Crippen molar-refractivity contribution in [2.45, 2.75) is 19.4 Å². The van der Waals surface area contributed by atoms with Crippen LogP contribution in [0.1, 0.15) is 30.5 Å². The van der Waals surface area contributed by atoms with Crippen LogP contribution < -0.4 is 19.1 Å². The number of anilines is 1. The first kappa shape index (κ1) is 26.2. The summed E-state index contributed by atoms with van der Waals surface area (Å²) in [7, 11) is 2.97. The average molecular weight is 549 g/mol. The van der Waals surface area contributed by atoms with Gasteiger partial charge in [0.1, 0.15) is 17.3 Å². The van der Waals surface area contributed by atoms with E-state index in [2.05, 4.69) is 4.98 Å². The number of ketones is 1. The van der Waals surface area contributed by atoms with Crippen LogP contribution in [0.2, 0.25) is 0 Å². The molecule has 0 saturated carbocycles. The quantitative estimate of drug-likeness (QED) is 0.167. The Bertz CT molecular complexity index is 1610. The van der Waals surface area contributed by atoms with Crippen molar-refractivity contribution in [1.29, 1.82) is 0 Å². The molecule has 1 aromatic heterocycles. The molecule has 4 aromatic rings. The summed E-state index contributed by atoms with van der Waals surface area (Å²) < 4.78 is 30.9. The lowest BCUT2D eigenvalue weighted by atomic mass is 9.95. The van der Waals surface area contributed by atoms with E-state index >= 15 is 0 Å². The number of aliphatic hydroxyl groups excluding tert-OH is 1. The number of hydrogen-bond donors (Lipinski definition) is 1. The molecule has 0 aliphatic carbocycles. The number of Topliss-reactive ketones (excluding diaryl/α,β-unsaturated/α-hetero) is 1. The summed E-state index contributed by atoms with van der Waals surface area (Å²) in [6.45, 7) is 2.46. The van der Waals surface area contributed by atoms with Gasteiger partial charge >= 0.3 is 5.91 Å². The van der Waals surface area contributed by atoms with Crippen molar-refractivity contribution < 1.29 is 33.3 Å². The highest BCUT2D eigenvalue weighted by Gasteiger charge is 2.48. The Hall–Kier alpha value is -4.44. The standard InChI is InChI=1S/C29H25FN2O6S/c1-4-12-38-19-7-5-6-17(13-19)26(33)24-25(16-8-11-21(36-2)22(14-16)37-3)32(28(35)27(24)34)29-31-20-10-9-18(30)15-23(20)39-29/h5-11,13-15,25,33H,4,12H2,1-3H3/b26-24+. The zero-order chi connectivity index (χ0) is 27.7. The molecule has 1 fully saturated rings. The molecule has 3 aromatic carbocycles. The van der Waals surface area contributed by atoms with E-state index in [4.69, 9.17) is 14.2 Å². The Balaban J connectivity index is 1.71. The topological polar surface area (TPSA) is 98.2 Å². The maximum absolute atomic E-state index is 13.9. The smallest absolute Gasteiger partial charge is 0.301 e. The van der Waals surface area contributed by atoms with E-state index in [0.717, 1.165) is 17.8 Å². The fourth-order valence-corrected chi connectivity index (χ4v) is 5.48. The summed E-state index contributed by atoms with van der Waals surface area (Å²) in [5.41, 5.74) is 1.16. The number of amides is 1. The molecule has 1 unspecified atom stereocenters. The van der Waals surface area contributed by atoms with Gasteiger partial charge in [-0.3, -0.25) is 14.5 Å². The van der Waals surface area contributed by atoms with Gasteiger partial charge in [-0.15, -0.1) is 0 Å². The number of aromatic nitrogens is 1. The Labute approximate surface area is 227 Å². The molecule has 1 aliphatic rings. The SMILES string of the molecule is CCCOc1cccc(/C(O)=C2\C(=O)C(=O)N(c3nc4ccc(F)cc4s3)C2c2ccc(OC)c(OC)c2)c1. The van der Waals surface area contributed by atoms with Crippen molar-refractivity contribution >= 4 is 44.1 Å². The highest BCUT2D eigenvalue weighted by atomic mass is 32.1. The largest absolute Gasteiger partial charge is 0.507 e. The zero-order valence-electron chi connectivity index (χ0n) is 21.4. The second-order valence-electron chi connectivity index (χ2n) is 8.77. The normalized spacial score (nSPS) is 16.6. The molecule has 1 N–H and O–H groups in total. The molecule has 0 bridgehead atoms. The van der Waals surface area contributed by atoms with Crippen molar-refractivity contribution in [2.75, 3.05) is 25.7 Å². The van der Waals surface area contributed by atoms with E-state index in [1.807, 2.05) is 6.92 Å². The van der Waals surface area contributed by atoms with Crippen LogP contribution >= 0.6 is 11.3 Å². The number of carbonyl (C=O) groups is 2. The number of nitrogens with zero attached hydrogens (tertiary/aromatic N) is 2. The van der Waals surface area contributed by atoms with Crippen LogP contribution in [-0.2, 0) is 9.59 Å². The van der Waals surface area contributed by atoms with E-state index in [9.17, 15) is 19.1 Å². The van der Waals surface area contributed by atoms with E-state index in [1.165, 1.54) is 37.3 Å². The maximum atomic E-state index is 13.9. The van der Waals surface area contributed by atoms with Gasteiger partial charge in [-0.25, -0.2) is 9.37 Å². The first-order valence-corrected chi connectivity index (χ1v) is 13.0. The summed E-state index contributed by atoms with van der Waals surface area (Å²) >= 11 is 1.07. The number of benzene rings is 3. The molecule has 0 radical (unpaired) electrons. The van der Waals surface area contributed by atoms with Crippen molar-refractivity contribution in [1.82, 2.24) is 4.98 Å². The Morgan fingerprint density at radius 1 is 1.05 bits per heavy atom. The number of ether oxygens (including phenoxy) is 3. The molecular weight excluding hydrogens is 523 g/mol. The van der Waals surface area contributed by atoms with Crippen molar-refractivity contribution in [2.24, 2.45) is 0 Å². The number of rotatable bonds is 8. The molecule has 5 rings (SSSR count). The second kappa shape index (κ2) is 10.7. The third-order valence-electron chi connectivity index (χ3n) is 6.29. The van der Waals surface area contributed by atoms with Crippen LogP contribution in [0.25, 0.3) is 16.0 Å². The lowest BCUT2D eigenvalue weighted by molar-refractivity contribution is -0.132. The van der Waals surface area contributed by atoms with Gasteiger partial charge < -0.3 is 19.3 Å². The van der Waals surface area contributed by atoms with Crippen LogP contribution in [0.5, 0.6) is 17.2 Å². The minimum atomic E-state index is -1.05. The van der Waals surface area contributed by atoms with Gasteiger partial charge in [0, 0.05) is 5.56 Å². The van der Waals surface area contributed by atoms with Crippen LogP contribution in [0.4, 0.5) is 9.52 Å². The number of fused-ring (bicyclic) bond motifs is 1. The number of aliphatic hydroxyl groups is 1. The number of carbonyl (C=O) groups excluding carboxylic acids is 2. The lowest BCUT2D eigenvalue weighted by Crippen LogP contribution is -2.29. The molecule has 1 atom stereocenters. The third kappa shape index (κ3) is 4.79. The molecule has 1 aliphatic heterocycles. The highest BCUT2D eigenvalue weighted by molar-refractivity contribution is 7.22. The third-order valence-corrected chi connectivity index (χ3v) is 7.31. The van der Waals surface area contributed by atoms with Gasteiger partial charge in [0.2, 0.25) is 0 Å². The fourth-order valence-electron chi connectivity index (χ4n) is 4.47. The lowest BCUT2D eigenvalue weighted by Gasteiger charge is -2.23. The van der Waals surface area contributed by atoms with Crippen LogP contribution in [0.15, 0.2) is 66.2 Å². The van der Waals surface area contributed by atoms with Crippen LogP contribution in [0, 0.1) is 5.82 Å². The Morgan fingerprint density at radius 3 is 2.59 bits per heavy atom. The van der Waals surface area contributed by atoms with Crippen molar-refractivity contribution in [3.8, 4) is 17.2 Å². The number of thiazole rings is 1. The van der Waals surface area contributed by atoms with E-state index in [0.29, 0.717) is 45.2 Å². The number of halogens is 1. The highest BCUT2D eigenvalue weighted by Crippen LogP contribution is 2.46. The predicted octanol–water partition coefficient (Wildman–Crippen LogP) is 5.87. The van der Waals surface area contributed by atoms with Gasteiger partial charge in [-0.05, 0) is 54.4 Å². The zero-order valence-corrected chi connectivity index (χ0v) is 22.3. The number of hydrogen-bond acceptors (Lipinski definition) is 8. The molecule has 1 amide bonds. The monoisotopic (exact) mass is 548 g/mol. The van der Waals surface area contributed by atoms with Gasteiger partial charge in [-0.2, -0.15) is 0 Å². The Kier molecular flexibility index (Phi) is 7.21. The van der Waals surface area contributed by atoms with Gasteiger partial charge in [0.15, 0.2) is 16.6 Å².